The van der Waals surface area contributed by atoms with Gasteiger partial charge in [0.1, 0.15) is 0 Å². The van der Waals surface area contributed by atoms with Gasteiger partial charge in [0.05, 0.1) is 11.2 Å². The second-order valence-corrected chi connectivity index (χ2v) is 5.38. The molecule has 1 aromatic heterocycles. The van der Waals surface area contributed by atoms with Crippen molar-refractivity contribution in [1.82, 2.24) is 4.98 Å². The minimum absolute atomic E-state index is 0.572. The third-order valence-corrected chi connectivity index (χ3v) is 3.76. The summed E-state index contributed by atoms with van der Waals surface area (Å²) >= 11 is 1.69. The highest BCUT2D eigenvalue weighted by Gasteiger charge is 2.08. The van der Waals surface area contributed by atoms with Crippen molar-refractivity contribution in [2.24, 2.45) is 5.73 Å². The highest BCUT2D eigenvalue weighted by Crippen LogP contribution is 2.27. The lowest BCUT2D eigenvalue weighted by atomic mass is 10.0. The zero-order chi connectivity index (χ0) is 12.3. The SMILES string of the molecule is CC(C)c1ccc(-c2ncsc2CCN)cc1. The molecule has 2 N–H and O–H groups in total. The molecule has 3 heteroatoms. The predicted molar refractivity (Wildman–Crippen MR) is 74.4 cm³/mol. The summed E-state index contributed by atoms with van der Waals surface area (Å²) in [7, 11) is 0. The molecule has 2 rings (SSSR count). The van der Waals surface area contributed by atoms with Crippen LogP contribution in [0, 0.1) is 0 Å². The number of benzene rings is 1. The average Bonchev–Trinajstić information content (AvgIpc) is 2.78. The van der Waals surface area contributed by atoms with Gasteiger partial charge < -0.3 is 5.73 Å². The van der Waals surface area contributed by atoms with Gasteiger partial charge in [-0.05, 0) is 24.4 Å². The molecular weight excluding hydrogens is 228 g/mol. The Hall–Kier alpha value is -1.19. The van der Waals surface area contributed by atoms with Crippen LogP contribution in [-0.4, -0.2) is 11.5 Å². The van der Waals surface area contributed by atoms with Crippen molar-refractivity contribution in [2.45, 2.75) is 26.2 Å². The van der Waals surface area contributed by atoms with Gasteiger partial charge in [0, 0.05) is 10.4 Å². The fourth-order valence-electron chi connectivity index (χ4n) is 1.84. The van der Waals surface area contributed by atoms with E-state index in [2.05, 4.69) is 43.1 Å². The molecule has 0 radical (unpaired) electrons. The summed E-state index contributed by atoms with van der Waals surface area (Å²) in [5, 5.41) is 0. The molecule has 0 saturated heterocycles. The van der Waals surface area contributed by atoms with Crippen molar-refractivity contribution in [2.75, 3.05) is 6.54 Å². The van der Waals surface area contributed by atoms with E-state index in [-0.39, 0.29) is 0 Å². The number of hydrogen-bond donors (Lipinski definition) is 1. The molecule has 0 amide bonds. The first-order chi connectivity index (χ1) is 8.22. The standard InChI is InChI=1S/C14H18N2S/c1-10(2)11-3-5-12(6-4-11)14-13(7-8-15)17-9-16-14/h3-6,9-10H,7-8,15H2,1-2H3. The van der Waals surface area contributed by atoms with Crippen LogP contribution in [-0.2, 0) is 6.42 Å². The molecule has 0 saturated carbocycles. The average molecular weight is 246 g/mol. The van der Waals surface area contributed by atoms with Gasteiger partial charge in [-0.15, -0.1) is 11.3 Å². The normalized spacial score (nSPS) is 11.1. The number of aromatic nitrogens is 1. The quantitative estimate of drug-likeness (QED) is 0.897. The smallest absolute Gasteiger partial charge is 0.0843 e. The van der Waals surface area contributed by atoms with Gasteiger partial charge in [-0.2, -0.15) is 0 Å². The Morgan fingerprint density at radius 3 is 2.53 bits per heavy atom. The Bertz CT molecular complexity index is 471. The molecule has 0 unspecified atom stereocenters. The molecule has 0 fully saturated rings. The topological polar surface area (TPSA) is 38.9 Å². The fraction of sp³-hybridized carbons (Fsp3) is 0.357. The lowest BCUT2D eigenvalue weighted by molar-refractivity contribution is 0.867. The lowest BCUT2D eigenvalue weighted by Crippen LogP contribution is -2.02. The van der Waals surface area contributed by atoms with Gasteiger partial charge in [-0.25, -0.2) is 4.98 Å². The Labute approximate surface area is 107 Å². The molecule has 0 bridgehead atoms. The van der Waals surface area contributed by atoms with E-state index in [1.807, 2.05) is 5.51 Å². The zero-order valence-corrected chi connectivity index (χ0v) is 11.1. The molecule has 2 aromatic rings. The van der Waals surface area contributed by atoms with E-state index in [4.69, 9.17) is 5.73 Å². The van der Waals surface area contributed by atoms with Crippen LogP contribution in [0.2, 0.25) is 0 Å². The molecule has 0 aliphatic carbocycles. The van der Waals surface area contributed by atoms with Crippen molar-refractivity contribution in [3.63, 3.8) is 0 Å². The number of nitrogens with zero attached hydrogens (tertiary/aromatic N) is 1. The van der Waals surface area contributed by atoms with Crippen LogP contribution < -0.4 is 5.73 Å². The van der Waals surface area contributed by atoms with Crippen LogP contribution in [0.4, 0.5) is 0 Å². The Morgan fingerprint density at radius 1 is 1.24 bits per heavy atom. The summed E-state index contributed by atoms with van der Waals surface area (Å²) in [4.78, 5) is 5.72. The molecular formula is C14H18N2S. The van der Waals surface area contributed by atoms with E-state index >= 15 is 0 Å². The van der Waals surface area contributed by atoms with Crippen molar-refractivity contribution in [1.29, 1.82) is 0 Å². The minimum Gasteiger partial charge on any atom is -0.330 e. The number of hydrogen-bond acceptors (Lipinski definition) is 3. The molecule has 0 atom stereocenters. The third kappa shape index (κ3) is 2.73. The van der Waals surface area contributed by atoms with E-state index in [1.54, 1.807) is 11.3 Å². The summed E-state index contributed by atoms with van der Waals surface area (Å²) < 4.78 is 0. The second-order valence-electron chi connectivity index (χ2n) is 4.44. The van der Waals surface area contributed by atoms with Crippen molar-refractivity contribution >= 4 is 11.3 Å². The van der Waals surface area contributed by atoms with Crippen molar-refractivity contribution in [3.05, 3.63) is 40.2 Å². The second kappa shape index (κ2) is 5.43. The van der Waals surface area contributed by atoms with Crippen LogP contribution in [0.5, 0.6) is 0 Å². The first-order valence-corrected chi connectivity index (χ1v) is 6.83. The Balaban J connectivity index is 2.30. The van der Waals surface area contributed by atoms with Crippen LogP contribution in [0.1, 0.15) is 30.2 Å². The Morgan fingerprint density at radius 2 is 1.94 bits per heavy atom. The largest absolute Gasteiger partial charge is 0.330 e. The van der Waals surface area contributed by atoms with Gasteiger partial charge in [0.15, 0.2) is 0 Å². The van der Waals surface area contributed by atoms with Crippen LogP contribution in [0.3, 0.4) is 0 Å². The summed E-state index contributed by atoms with van der Waals surface area (Å²) in [6.07, 6.45) is 0.909. The predicted octanol–water partition coefficient (Wildman–Crippen LogP) is 3.43. The van der Waals surface area contributed by atoms with Gasteiger partial charge in [-0.1, -0.05) is 38.1 Å². The number of thiazole rings is 1. The maximum atomic E-state index is 5.61. The van der Waals surface area contributed by atoms with Gasteiger partial charge >= 0.3 is 0 Å². The van der Waals surface area contributed by atoms with Crippen LogP contribution in [0.25, 0.3) is 11.3 Å². The van der Waals surface area contributed by atoms with E-state index in [0.29, 0.717) is 12.5 Å². The zero-order valence-electron chi connectivity index (χ0n) is 10.3. The Kier molecular flexibility index (Phi) is 3.92. The van der Waals surface area contributed by atoms with Crippen molar-refractivity contribution < 1.29 is 0 Å². The molecule has 1 aromatic carbocycles. The fourth-order valence-corrected chi connectivity index (χ4v) is 2.64. The molecule has 0 aliphatic heterocycles. The summed E-state index contributed by atoms with van der Waals surface area (Å²) in [6, 6.07) is 8.69. The van der Waals surface area contributed by atoms with Gasteiger partial charge in [-0.3, -0.25) is 0 Å². The number of nitrogens with two attached hydrogens (primary N) is 1. The monoisotopic (exact) mass is 246 g/mol. The molecule has 1 heterocycles. The highest BCUT2D eigenvalue weighted by molar-refractivity contribution is 7.10. The van der Waals surface area contributed by atoms with Crippen LogP contribution >= 0.6 is 11.3 Å². The van der Waals surface area contributed by atoms with E-state index in [1.165, 1.54) is 16.0 Å². The van der Waals surface area contributed by atoms with Crippen molar-refractivity contribution in [3.8, 4) is 11.3 Å². The minimum atomic E-state index is 0.572. The molecule has 2 nitrogen and oxygen atoms in total. The summed E-state index contributed by atoms with van der Waals surface area (Å²) in [5.41, 5.74) is 11.2. The first-order valence-electron chi connectivity index (χ1n) is 5.95. The summed E-state index contributed by atoms with van der Waals surface area (Å²) in [6.45, 7) is 5.09. The molecule has 0 spiro atoms. The molecule has 90 valence electrons. The molecule has 0 aliphatic rings. The third-order valence-electron chi connectivity index (χ3n) is 2.86. The van der Waals surface area contributed by atoms with E-state index in [9.17, 15) is 0 Å². The lowest BCUT2D eigenvalue weighted by Gasteiger charge is -2.06. The van der Waals surface area contributed by atoms with E-state index in [0.717, 1.165) is 12.1 Å². The van der Waals surface area contributed by atoms with Crippen LogP contribution in [0.15, 0.2) is 29.8 Å². The number of rotatable bonds is 4. The van der Waals surface area contributed by atoms with E-state index < -0.39 is 0 Å². The van der Waals surface area contributed by atoms with Gasteiger partial charge in [0.2, 0.25) is 0 Å². The van der Waals surface area contributed by atoms with Gasteiger partial charge in [0.25, 0.3) is 0 Å². The highest BCUT2D eigenvalue weighted by atomic mass is 32.1. The summed E-state index contributed by atoms with van der Waals surface area (Å²) in [5.74, 6) is 0.572. The maximum Gasteiger partial charge on any atom is 0.0843 e. The first kappa shape index (κ1) is 12.3. The molecule has 17 heavy (non-hydrogen) atoms. The maximum absolute atomic E-state index is 5.61.